The molecule has 2 N–H and O–H groups in total. The summed E-state index contributed by atoms with van der Waals surface area (Å²) < 4.78 is 5.42. The van der Waals surface area contributed by atoms with E-state index in [0.29, 0.717) is 23.4 Å². The molecular weight excluding hydrogens is 392 g/mol. The molecule has 0 fully saturated rings. The number of esters is 1. The third-order valence-electron chi connectivity index (χ3n) is 4.60. The summed E-state index contributed by atoms with van der Waals surface area (Å²) in [6, 6.07) is 23.7. The first kappa shape index (κ1) is 21.8. The molecule has 1 atom stereocenters. The smallest absolute Gasteiger partial charge is 0.339 e. The lowest BCUT2D eigenvalue weighted by Gasteiger charge is -2.15. The Balaban J connectivity index is 1.62. The monoisotopic (exact) mass is 416 g/mol. The number of carbonyl (C=O) groups is 3. The number of hydrogen-bond acceptors (Lipinski definition) is 4. The highest BCUT2D eigenvalue weighted by Crippen LogP contribution is 2.17. The van der Waals surface area contributed by atoms with Gasteiger partial charge in [-0.15, -0.1) is 0 Å². The maximum atomic E-state index is 12.7. The van der Waals surface area contributed by atoms with Crippen LogP contribution in [0.25, 0.3) is 0 Å². The van der Waals surface area contributed by atoms with Crippen LogP contribution in [0.5, 0.6) is 0 Å². The second-order valence-electron chi connectivity index (χ2n) is 7.11. The molecule has 0 aliphatic rings. The summed E-state index contributed by atoms with van der Waals surface area (Å²) in [6.45, 7) is 2.95. The largest absolute Gasteiger partial charge is 0.449 e. The van der Waals surface area contributed by atoms with Gasteiger partial charge >= 0.3 is 5.97 Å². The molecule has 0 unspecified atom stereocenters. The molecule has 0 aliphatic heterocycles. The van der Waals surface area contributed by atoms with Crippen LogP contribution in [-0.2, 0) is 20.7 Å². The van der Waals surface area contributed by atoms with Gasteiger partial charge < -0.3 is 15.4 Å². The number of carbonyl (C=O) groups excluding carboxylic acids is 3. The maximum absolute atomic E-state index is 12.7. The minimum absolute atomic E-state index is 0.176. The first-order chi connectivity index (χ1) is 14.9. The van der Waals surface area contributed by atoms with E-state index >= 15 is 0 Å². The van der Waals surface area contributed by atoms with E-state index in [1.165, 1.54) is 13.8 Å². The number of rotatable bonds is 7. The topological polar surface area (TPSA) is 84.5 Å². The van der Waals surface area contributed by atoms with Gasteiger partial charge in [-0.1, -0.05) is 48.5 Å². The summed E-state index contributed by atoms with van der Waals surface area (Å²) in [5.41, 5.74) is 3.51. The summed E-state index contributed by atoms with van der Waals surface area (Å²) in [5.74, 6) is -1.17. The average Bonchev–Trinajstić information content (AvgIpc) is 2.75. The summed E-state index contributed by atoms with van der Waals surface area (Å²) in [4.78, 5) is 36.3. The van der Waals surface area contributed by atoms with Gasteiger partial charge in [0.1, 0.15) is 0 Å². The van der Waals surface area contributed by atoms with Crippen LogP contribution < -0.4 is 10.6 Å². The summed E-state index contributed by atoms with van der Waals surface area (Å²) in [7, 11) is 0. The van der Waals surface area contributed by atoms with Crippen molar-refractivity contribution in [3.8, 4) is 0 Å². The van der Waals surface area contributed by atoms with Crippen LogP contribution >= 0.6 is 0 Å². The number of amides is 2. The molecule has 0 bridgehead atoms. The molecule has 0 saturated carbocycles. The molecule has 2 amide bonds. The van der Waals surface area contributed by atoms with Gasteiger partial charge in [-0.2, -0.15) is 0 Å². The molecule has 31 heavy (non-hydrogen) atoms. The van der Waals surface area contributed by atoms with Crippen LogP contribution in [0.4, 0.5) is 11.4 Å². The second-order valence-corrected chi connectivity index (χ2v) is 7.11. The standard InChI is InChI=1S/C25H24N2O4/c1-17(24(29)27-22-14-12-21(13-15-22)26-18(2)28)31-25(30)23-11-7-6-10-20(23)16-19-8-4-3-5-9-19/h3-15,17H,16H2,1-2H3,(H,26,28)(H,27,29)/t17-/m1/s1. The normalized spacial score (nSPS) is 11.3. The average molecular weight is 416 g/mol. The molecule has 158 valence electrons. The molecule has 0 saturated heterocycles. The number of benzene rings is 3. The highest BCUT2D eigenvalue weighted by Gasteiger charge is 2.21. The highest BCUT2D eigenvalue weighted by atomic mass is 16.5. The molecule has 0 aromatic heterocycles. The first-order valence-corrected chi connectivity index (χ1v) is 9.93. The number of ether oxygens (including phenoxy) is 1. The predicted octanol–water partition coefficient (Wildman–Crippen LogP) is 4.42. The molecule has 3 aromatic rings. The Bertz CT molecular complexity index is 1060. The highest BCUT2D eigenvalue weighted by molar-refractivity contribution is 5.98. The van der Waals surface area contributed by atoms with E-state index in [1.807, 2.05) is 42.5 Å². The molecular formula is C25H24N2O4. The van der Waals surface area contributed by atoms with Gasteiger partial charge in [0.05, 0.1) is 5.56 Å². The third-order valence-corrected chi connectivity index (χ3v) is 4.60. The summed E-state index contributed by atoms with van der Waals surface area (Å²) in [6.07, 6.45) is -0.389. The van der Waals surface area contributed by atoms with Crippen molar-refractivity contribution in [1.82, 2.24) is 0 Å². The molecule has 3 aromatic carbocycles. The molecule has 0 spiro atoms. The van der Waals surface area contributed by atoms with Crippen molar-refractivity contribution in [2.75, 3.05) is 10.6 Å². The van der Waals surface area contributed by atoms with E-state index in [-0.39, 0.29) is 5.91 Å². The quantitative estimate of drug-likeness (QED) is 0.559. The Morgan fingerprint density at radius 3 is 2.03 bits per heavy atom. The van der Waals surface area contributed by atoms with Gasteiger partial charge in [-0.3, -0.25) is 9.59 Å². The van der Waals surface area contributed by atoms with Gasteiger partial charge in [-0.25, -0.2) is 4.79 Å². The van der Waals surface area contributed by atoms with E-state index in [2.05, 4.69) is 10.6 Å². The van der Waals surface area contributed by atoms with Gasteiger partial charge in [0.25, 0.3) is 5.91 Å². The van der Waals surface area contributed by atoms with Crippen LogP contribution in [0.2, 0.25) is 0 Å². The van der Waals surface area contributed by atoms with Crippen LogP contribution in [-0.4, -0.2) is 23.9 Å². The van der Waals surface area contributed by atoms with Gasteiger partial charge in [0.2, 0.25) is 5.91 Å². The Labute approximate surface area is 181 Å². The SMILES string of the molecule is CC(=O)Nc1ccc(NC(=O)[C@@H](C)OC(=O)c2ccccc2Cc2ccccc2)cc1. The minimum Gasteiger partial charge on any atom is -0.449 e. The van der Waals surface area contributed by atoms with E-state index < -0.39 is 18.0 Å². The zero-order chi connectivity index (χ0) is 22.2. The lowest BCUT2D eigenvalue weighted by atomic mass is 10.00. The van der Waals surface area contributed by atoms with Crippen molar-refractivity contribution in [2.24, 2.45) is 0 Å². The molecule has 3 rings (SSSR count). The Morgan fingerprint density at radius 2 is 1.39 bits per heavy atom. The van der Waals surface area contributed by atoms with Crippen molar-refractivity contribution < 1.29 is 19.1 Å². The van der Waals surface area contributed by atoms with Crippen LogP contribution in [0.1, 0.15) is 35.3 Å². The van der Waals surface area contributed by atoms with Crippen LogP contribution in [0.15, 0.2) is 78.9 Å². The Kier molecular flexibility index (Phi) is 7.17. The van der Waals surface area contributed by atoms with E-state index in [1.54, 1.807) is 36.4 Å². The molecule has 6 nitrogen and oxygen atoms in total. The third kappa shape index (κ3) is 6.27. The van der Waals surface area contributed by atoms with Gasteiger partial charge in [0.15, 0.2) is 6.10 Å². The van der Waals surface area contributed by atoms with Crippen molar-refractivity contribution in [3.05, 3.63) is 95.6 Å². The fourth-order valence-corrected chi connectivity index (χ4v) is 3.05. The molecule has 0 aliphatic carbocycles. The Hall–Kier alpha value is -3.93. The first-order valence-electron chi connectivity index (χ1n) is 9.93. The van der Waals surface area contributed by atoms with Crippen LogP contribution in [0, 0.1) is 0 Å². The summed E-state index contributed by atoms with van der Waals surface area (Å²) >= 11 is 0. The lowest BCUT2D eigenvalue weighted by Crippen LogP contribution is -2.30. The zero-order valence-corrected chi connectivity index (χ0v) is 17.4. The maximum Gasteiger partial charge on any atom is 0.339 e. The van der Waals surface area contributed by atoms with Gasteiger partial charge in [0, 0.05) is 18.3 Å². The Morgan fingerprint density at radius 1 is 0.806 bits per heavy atom. The van der Waals surface area contributed by atoms with Crippen molar-refractivity contribution >= 4 is 29.2 Å². The molecule has 0 radical (unpaired) electrons. The fraction of sp³-hybridized carbons (Fsp3) is 0.160. The number of hydrogen-bond donors (Lipinski definition) is 2. The van der Waals surface area contributed by atoms with Crippen LogP contribution in [0.3, 0.4) is 0 Å². The molecule has 6 heteroatoms. The van der Waals surface area contributed by atoms with Crippen molar-refractivity contribution in [3.63, 3.8) is 0 Å². The van der Waals surface area contributed by atoms with E-state index in [4.69, 9.17) is 4.74 Å². The van der Waals surface area contributed by atoms with Crippen molar-refractivity contribution in [2.45, 2.75) is 26.4 Å². The zero-order valence-electron chi connectivity index (χ0n) is 17.4. The minimum atomic E-state index is -0.979. The number of nitrogens with one attached hydrogen (secondary N) is 2. The lowest BCUT2D eigenvalue weighted by molar-refractivity contribution is -0.123. The molecule has 0 heterocycles. The van der Waals surface area contributed by atoms with Gasteiger partial charge in [-0.05, 0) is 54.8 Å². The van der Waals surface area contributed by atoms with E-state index in [0.717, 1.165) is 11.1 Å². The van der Waals surface area contributed by atoms with E-state index in [9.17, 15) is 14.4 Å². The fourth-order valence-electron chi connectivity index (χ4n) is 3.05. The second kappa shape index (κ2) is 10.2. The number of anilines is 2. The van der Waals surface area contributed by atoms with Crippen molar-refractivity contribution in [1.29, 1.82) is 0 Å². The predicted molar refractivity (Wildman–Crippen MR) is 120 cm³/mol. The summed E-state index contributed by atoms with van der Waals surface area (Å²) in [5, 5.41) is 5.36.